The number of rotatable bonds is 6. The van der Waals surface area contributed by atoms with Gasteiger partial charge in [-0.15, -0.1) is 6.58 Å². The van der Waals surface area contributed by atoms with Crippen molar-refractivity contribution < 1.29 is 9.53 Å². The Bertz CT molecular complexity index is 358. The first-order valence-electron chi connectivity index (χ1n) is 5.27. The summed E-state index contributed by atoms with van der Waals surface area (Å²) >= 11 is 0. The molecular weight excluding hydrogens is 204 g/mol. The smallest absolute Gasteiger partial charge is 0.354 e. The van der Waals surface area contributed by atoms with Crippen LogP contribution in [-0.2, 0) is 11.3 Å². The maximum atomic E-state index is 11.2. The topological polar surface area (TPSA) is 54.1 Å². The van der Waals surface area contributed by atoms with E-state index in [0.29, 0.717) is 11.7 Å². The zero-order valence-electron chi connectivity index (χ0n) is 9.75. The van der Waals surface area contributed by atoms with E-state index in [1.807, 2.05) is 6.08 Å². The number of methoxy groups -OCH3 is 1. The lowest BCUT2D eigenvalue weighted by atomic mass is 10.2. The molecule has 0 radical (unpaired) electrons. The summed E-state index contributed by atoms with van der Waals surface area (Å²) in [5, 5.41) is 3.33. The third kappa shape index (κ3) is 3.55. The predicted molar refractivity (Wildman–Crippen MR) is 63.2 cm³/mol. The van der Waals surface area contributed by atoms with Gasteiger partial charge in [0.15, 0.2) is 0 Å². The van der Waals surface area contributed by atoms with Crippen LogP contribution in [0.4, 0.5) is 0 Å². The van der Waals surface area contributed by atoms with Crippen molar-refractivity contribution in [3.63, 3.8) is 0 Å². The van der Waals surface area contributed by atoms with Gasteiger partial charge in [0.05, 0.1) is 7.11 Å². The Kier molecular flexibility index (Phi) is 4.79. The first-order chi connectivity index (χ1) is 7.67. The van der Waals surface area contributed by atoms with Gasteiger partial charge < -0.3 is 15.0 Å². The number of aromatic nitrogens is 1. The van der Waals surface area contributed by atoms with E-state index >= 15 is 0 Å². The van der Waals surface area contributed by atoms with Crippen LogP contribution < -0.4 is 5.32 Å². The summed E-state index contributed by atoms with van der Waals surface area (Å²) in [6.07, 6.45) is 4.61. The molecule has 0 saturated heterocycles. The van der Waals surface area contributed by atoms with Crippen molar-refractivity contribution in [1.82, 2.24) is 10.3 Å². The Morgan fingerprint density at radius 3 is 3.12 bits per heavy atom. The van der Waals surface area contributed by atoms with Gasteiger partial charge in [0, 0.05) is 18.8 Å². The zero-order valence-corrected chi connectivity index (χ0v) is 9.75. The average molecular weight is 222 g/mol. The maximum absolute atomic E-state index is 11.2. The van der Waals surface area contributed by atoms with Crippen LogP contribution in [0.15, 0.2) is 24.9 Å². The standard InChI is InChI=1S/C12H18N2O2/c1-4-5-9(2)13-7-10-6-11(14-8-10)12(15)16-3/h4,6,8-9,13-14H,1,5,7H2,2-3H3. The molecule has 0 saturated carbocycles. The van der Waals surface area contributed by atoms with Gasteiger partial charge in [-0.05, 0) is 25.0 Å². The fraction of sp³-hybridized carbons (Fsp3) is 0.417. The monoisotopic (exact) mass is 222 g/mol. The van der Waals surface area contributed by atoms with Crippen molar-refractivity contribution in [1.29, 1.82) is 0 Å². The molecule has 16 heavy (non-hydrogen) atoms. The lowest BCUT2D eigenvalue weighted by molar-refractivity contribution is 0.0595. The second kappa shape index (κ2) is 6.12. The first kappa shape index (κ1) is 12.5. The average Bonchev–Trinajstić information content (AvgIpc) is 2.74. The van der Waals surface area contributed by atoms with Crippen LogP contribution in [0.5, 0.6) is 0 Å². The minimum absolute atomic E-state index is 0.342. The van der Waals surface area contributed by atoms with Crippen LogP contribution in [-0.4, -0.2) is 24.1 Å². The van der Waals surface area contributed by atoms with Crippen molar-refractivity contribution in [2.75, 3.05) is 7.11 Å². The second-order valence-electron chi connectivity index (χ2n) is 3.72. The molecule has 1 rings (SSSR count). The molecule has 0 aromatic carbocycles. The fourth-order valence-electron chi connectivity index (χ4n) is 1.39. The molecular formula is C12H18N2O2. The first-order valence-corrected chi connectivity index (χ1v) is 5.27. The van der Waals surface area contributed by atoms with Crippen LogP contribution in [0.2, 0.25) is 0 Å². The van der Waals surface area contributed by atoms with E-state index in [1.54, 1.807) is 12.3 Å². The number of hydrogen-bond acceptors (Lipinski definition) is 3. The highest BCUT2D eigenvalue weighted by Gasteiger charge is 2.08. The Labute approximate surface area is 95.7 Å². The summed E-state index contributed by atoms with van der Waals surface area (Å²) in [5.74, 6) is -0.342. The number of aromatic amines is 1. The number of esters is 1. The molecule has 1 heterocycles. The van der Waals surface area contributed by atoms with Gasteiger partial charge in [-0.1, -0.05) is 6.08 Å². The van der Waals surface area contributed by atoms with Gasteiger partial charge in [-0.2, -0.15) is 0 Å². The van der Waals surface area contributed by atoms with Gasteiger partial charge in [0.1, 0.15) is 5.69 Å². The van der Waals surface area contributed by atoms with Crippen LogP contribution in [0.25, 0.3) is 0 Å². The molecule has 1 unspecified atom stereocenters. The largest absolute Gasteiger partial charge is 0.464 e. The van der Waals surface area contributed by atoms with E-state index in [2.05, 4.69) is 28.5 Å². The molecule has 1 aromatic rings. The van der Waals surface area contributed by atoms with Crippen molar-refractivity contribution in [3.05, 3.63) is 36.2 Å². The van der Waals surface area contributed by atoms with Gasteiger partial charge in [-0.25, -0.2) is 4.79 Å². The molecule has 4 nitrogen and oxygen atoms in total. The normalized spacial score (nSPS) is 12.1. The Hall–Kier alpha value is -1.55. The van der Waals surface area contributed by atoms with Crippen molar-refractivity contribution in [2.45, 2.75) is 25.9 Å². The molecule has 4 heteroatoms. The van der Waals surface area contributed by atoms with Crippen molar-refractivity contribution in [3.8, 4) is 0 Å². The van der Waals surface area contributed by atoms with Crippen LogP contribution in [0.1, 0.15) is 29.4 Å². The van der Waals surface area contributed by atoms with E-state index < -0.39 is 0 Å². The predicted octanol–water partition coefficient (Wildman–Crippen LogP) is 1.86. The molecule has 0 spiro atoms. The Balaban J connectivity index is 2.46. The summed E-state index contributed by atoms with van der Waals surface area (Å²) in [6, 6.07) is 2.17. The molecule has 0 aliphatic rings. The van der Waals surface area contributed by atoms with E-state index in [4.69, 9.17) is 0 Å². The number of carbonyl (C=O) groups is 1. The molecule has 0 aliphatic heterocycles. The van der Waals surface area contributed by atoms with E-state index in [-0.39, 0.29) is 5.97 Å². The molecule has 1 aromatic heterocycles. The zero-order chi connectivity index (χ0) is 12.0. The minimum Gasteiger partial charge on any atom is -0.464 e. The SMILES string of the molecule is C=CCC(C)NCc1c[nH]c(C(=O)OC)c1. The summed E-state index contributed by atoms with van der Waals surface area (Å²) in [6.45, 7) is 6.50. The number of hydrogen-bond donors (Lipinski definition) is 2. The summed E-state index contributed by atoms with van der Waals surface area (Å²) in [4.78, 5) is 14.1. The van der Waals surface area contributed by atoms with Gasteiger partial charge in [0.2, 0.25) is 0 Å². The van der Waals surface area contributed by atoms with E-state index in [0.717, 1.165) is 18.5 Å². The highest BCUT2D eigenvalue weighted by atomic mass is 16.5. The van der Waals surface area contributed by atoms with Crippen molar-refractivity contribution >= 4 is 5.97 Å². The third-order valence-corrected chi connectivity index (χ3v) is 2.32. The summed E-state index contributed by atoms with van der Waals surface area (Å²) in [5.41, 5.74) is 1.52. The molecule has 0 bridgehead atoms. The van der Waals surface area contributed by atoms with Gasteiger partial charge in [0.25, 0.3) is 0 Å². The highest BCUT2D eigenvalue weighted by molar-refractivity contribution is 5.87. The van der Waals surface area contributed by atoms with Crippen LogP contribution in [0, 0.1) is 0 Å². The quantitative estimate of drug-likeness (QED) is 0.570. The number of ether oxygens (including phenoxy) is 1. The number of nitrogens with one attached hydrogen (secondary N) is 2. The Morgan fingerprint density at radius 2 is 2.50 bits per heavy atom. The Morgan fingerprint density at radius 1 is 1.75 bits per heavy atom. The van der Waals surface area contributed by atoms with Crippen LogP contribution in [0.3, 0.4) is 0 Å². The van der Waals surface area contributed by atoms with Crippen LogP contribution >= 0.6 is 0 Å². The second-order valence-corrected chi connectivity index (χ2v) is 3.72. The number of H-pyrrole nitrogens is 1. The number of carbonyl (C=O) groups excluding carboxylic acids is 1. The lowest BCUT2D eigenvalue weighted by Crippen LogP contribution is -2.24. The minimum atomic E-state index is -0.342. The molecule has 2 N–H and O–H groups in total. The lowest BCUT2D eigenvalue weighted by Gasteiger charge is -2.09. The molecule has 88 valence electrons. The maximum Gasteiger partial charge on any atom is 0.354 e. The highest BCUT2D eigenvalue weighted by Crippen LogP contribution is 2.05. The summed E-state index contributed by atoms with van der Waals surface area (Å²) in [7, 11) is 1.37. The van der Waals surface area contributed by atoms with E-state index in [9.17, 15) is 4.79 Å². The van der Waals surface area contributed by atoms with E-state index in [1.165, 1.54) is 7.11 Å². The van der Waals surface area contributed by atoms with Crippen molar-refractivity contribution in [2.24, 2.45) is 0 Å². The fourth-order valence-corrected chi connectivity index (χ4v) is 1.39. The summed E-state index contributed by atoms with van der Waals surface area (Å²) < 4.78 is 4.61. The molecule has 1 atom stereocenters. The molecule has 0 fully saturated rings. The molecule has 0 aliphatic carbocycles. The van der Waals surface area contributed by atoms with Gasteiger partial charge in [-0.3, -0.25) is 0 Å². The van der Waals surface area contributed by atoms with Gasteiger partial charge >= 0.3 is 5.97 Å². The molecule has 0 amide bonds. The third-order valence-electron chi connectivity index (χ3n) is 2.32.